The molecule has 1 aliphatic heterocycles. The van der Waals surface area contributed by atoms with E-state index in [1.165, 1.54) is 0 Å². The van der Waals surface area contributed by atoms with Crippen LogP contribution in [0.5, 0.6) is 0 Å². The fourth-order valence-corrected chi connectivity index (χ4v) is 2.15. The fraction of sp³-hybridized carbons (Fsp3) is 0.462. The molecule has 19 heavy (non-hydrogen) atoms. The predicted octanol–water partition coefficient (Wildman–Crippen LogP) is -0.132. The molecule has 0 aromatic carbocycles. The number of pyridine rings is 1. The summed E-state index contributed by atoms with van der Waals surface area (Å²) in [5, 5.41) is 14.9. The predicted molar refractivity (Wildman–Crippen MR) is 71.6 cm³/mol. The van der Waals surface area contributed by atoms with Crippen LogP contribution in [0, 0.1) is 11.3 Å². The Morgan fingerprint density at radius 2 is 2.53 bits per heavy atom. The van der Waals surface area contributed by atoms with Crippen LogP contribution in [0.3, 0.4) is 0 Å². The molecule has 6 nitrogen and oxygen atoms in total. The van der Waals surface area contributed by atoms with Crippen molar-refractivity contribution >= 4 is 11.7 Å². The Labute approximate surface area is 112 Å². The number of aromatic nitrogens is 1. The maximum Gasteiger partial charge on any atom is 0.244 e. The van der Waals surface area contributed by atoms with E-state index in [1.807, 2.05) is 24.0 Å². The average molecular weight is 259 g/mol. The topological polar surface area (TPSA) is 81.0 Å². The third kappa shape index (κ3) is 3.01. The van der Waals surface area contributed by atoms with Gasteiger partial charge in [0.05, 0.1) is 0 Å². The highest BCUT2D eigenvalue weighted by molar-refractivity contribution is 5.85. The minimum Gasteiger partial charge on any atom is -0.355 e. The second-order valence-electron chi connectivity index (χ2n) is 4.30. The Morgan fingerprint density at radius 1 is 1.68 bits per heavy atom. The van der Waals surface area contributed by atoms with E-state index in [1.54, 1.807) is 12.1 Å². The standard InChI is InChI=1S/C13H17N5O/c1-2-16-13(19)11-9-15-6-7-18(11)12-5-3-4-10(8-14)17-12/h3-5,11,15H,2,6-7,9H2,1H3,(H,16,19). The molecular formula is C13H17N5O. The lowest BCUT2D eigenvalue weighted by Crippen LogP contribution is -2.58. The molecule has 1 saturated heterocycles. The average Bonchev–Trinajstić information content (AvgIpc) is 2.47. The van der Waals surface area contributed by atoms with E-state index < -0.39 is 0 Å². The molecule has 6 heteroatoms. The van der Waals surface area contributed by atoms with Gasteiger partial charge in [0, 0.05) is 26.2 Å². The molecule has 1 fully saturated rings. The molecule has 1 aromatic rings. The van der Waals surface area contributed by atoms with Gasteiger partial charge >= 0.3 is 0 Å². The number of nitrogens with zero attached hydrogens (tertiary/aromatic N) is 3. The van der Waals surface area contributed by atoms with Crippen molar-refractivity contribution in [1.82, 2.24) is 15.6 Å². The van der Waals surface area contributed by atoms with Gasteiger partial charge in [-0.3, -0.25) is 4.79 Å². The van der Waals surface area contributed by atoms with E-state index in [0.29, 0.717) is 31.1 Å². The Hall–Kier alpha value is -2.13. The van der Waals surface area contributed by atoms with Gasteiger partial charge in [-0.15, -0.1) is 0 Å². The summed E-state index contributed by atoms with van der Waals surface area (Å²) in [7, 11) is 0. The summed E-state index contributed by atoms with van der Waals surface area (Å²) in [6.45, 7) is 4.59. The third-order valence-corrected chi connectivity index (χ3v) is 3.04. The lowest BCUT2D eigenvalue weighted by Gasteiger charge is -2.36. The van der Waals surface area contributed by atoms with Crippen LogP contribution in [0.4, 0.5) is 5.82 Å². The van der Waals surface area contributed by atoms with E-state index in [0.717, 1.165) is 6.54 Å². The molecule has 2 heterocycles. The molecule has 2 rings (SSSR count). The Kier molecular flexibility index (Phi) is 4.31. The molecule has 0 bridgehead atoms. The number of anilines is 1. The number of nitriles is 1. The zero-order valence-electron chi connectivity index (χ0n) is 10.9. The Morgan fingerprint density at radius 3 is 3.26 bits per heavy atom. The Bertz CT molecular complexity index is 496. The van der Waals surface area contributed by atoms with Gasteiger partial charge in [0.25, 0.3) is 0 Å². The second-order valence-corrected chi connectivity index (χ2v) is 4.30. The maximum absolute atomic E-state index is 12.1. The summed E-state index contributed by atoms with van der Waals surface area (Å²) in [4.78, 5) is 18.3. The van der Waals surface area contributed by atoms with Crippen LogP contribution < -0.4 is 15.5 Å². The van der Waals surface area contributed by atoms with Crippen molar-refractivity contribution in [3.05, 3.63) is 23.9 Å². The van der Waals surface area contributed by atoms with E-state index >= 15 is 0 Å². The summed E-state index contributed by atoms with van der Waals surface area (Å²) >= 11 is 0. The van der Waals surface area contributed by atoms with Crippen molar-refractivity contribution < 1.29 is 4.79 Å². The largest absolute Gasteiger partial charge is 0.355 e. The molecule has 0 aliphatic carbocycles. The first-order chi connectivity index (χ1) is 9.26. The van der Waals surface area contributed by atoms with Crippen molar-refractivity contribution in [2.24, 2.45) is 0 Å². The lowest BCUT2D eigenvalue weighted by atomic mass is 10.1. The zero-order valence-corrected chi connectivity index (χ0v) is 10.9. The van der Waals surface area contributed by atoms with E-state index in [4.69, 9.17) is 5.26 Å². The summed E-state index contributed by atoms with van der Waals surface area (Å²) in [5.74, 6) is 0.663. The van der Waals surface area contributed by atoms with Gasteiger partial charge in [0.1, 0.15) is 23.6 Å². The monoisotopic (exact) mass is 259 g/mol. The van der Waals surface area contributed by atoms with Gasteiger partial charge in [-0.25, -0.2) is 4.98 Å². The van der Waals surface area contributed by atoms with Gasteiger partial charge in [0.2, 0.25) is 5.91 Å². The second kappa shape index (κ2) is 6.16. The molecule has 1 amide bonds. The summed E-state index contributed by atoms with van der Waals surface area (Å²) < 4.78 is 0. The summed E-state index contributed by atoms with van der Waals surface area (Å²) in [6.07, 6.45) is 0. The van der Waals surface area contributed by atoms with Crippen LogP contribution in [0.25, 0.3) is 0 Å². The van der Waals surface area contributed by atoms with Gasteiger partial charge in [-0.05, 0) is 19.1 Å². The van der Waals surface area contributed by atoms with Crippen molar-refractivity contribution in [2.45, 2.75) is 13.0 Å². The zero-order chi connectivity index (χ0) is 13.7. The molecular weight excluding hydrogens is 242 g/mol. The number of amides is 1. The van der Waals surface area contributed by atoms with Gasteiger partial charge < -0.3 is 15.5 Å². The van der Waals surface area contributed by atoms with E-state index in [-0.39, 0.29) is 11.9 Å². The molecule has 1 unspecified atom stereocenters. The minimum atomic E-state index is -0.282. The van der Waals surface area contributed by atoms with Gasteiger partial charge in [-0.2, -0.15) is 5.26 Å². The lowest BCUT2D eigenvalue weighted by molar-refractivity contribution is -0.122. The molecule has 2 N–H and O–H groups in total. The molecule has 1 atom stereocenters. The molecule has 0 radical (unpaired) electrons. The SMILES string of the molecule is CCNC(=O)C1CNCCN1c1cccc(C#N)n1. The number of piperazine rings is 1. The number of likely N-dealkylation sites (N-methyl/N-ethyl adjacent to an activating group) is 1. The molecule has 0 spiro atoms. The van der Waals surface area contributed by atoms with Crippen LogP contribution in [0.2, 0.25) is 0 Å². The number of carbonyl (C=O) groups is 1. The number of hydrogen-bond donors (Lipinski definition) is 2. The quantitative estimate of drug-likeness (QED) is 0.790. The van der Waals surface area contributed by atoms with Crippen LogP contribution in [-0.2, 0) is 4.79 Å². The summed E-state index contributed by atoms with van der Waals surface area (Å²) in [6, 6.07) is 7.02. The maximum atomic E-state index is 12.1. The van der Waals surface area contributed by atoms with E-state index in [9.17, 15) is 4.79 Å². The fourth-order valence-electron chi connectivity index (χ4n) is 2.15. The first-order valence-electron chi connectivity index (χ1n) is 6.38. The highest BCUT2D eigenvalue weighted by Crippen LogP contribution is 2.16. The van der Waals surface area contributed by atoms with Crippen molar-refractivity contribution in [3.8, 4) is 6.07 Å². The number of hydrogen-bond acceptors (Lipinski definition) is 5. The van der Waals surface area contributed by atoms with Gasteiger partial charge in [0.15, 0.2) is 0 Å². The first-order valence-corrected chi connectivity index (χ1v) is 6.38. The molecule has 1 aromatic heterocycles. The van der Waals surface area contributed by atoms with Crippen molar-refractivity contribution in [2.75, 3.05) is 31.1 Å². The first kappa shape index (κ1) is 13.3. The normalized spacial score (nSPS) is 18.7. The van der Waals surface area contributed by atoms with Crippen molar-refractivity contribution in [1.29, 1.82) is 5.26 Å². The third-order valence-electron chi connectivity index (χ3n) is 3.04. The van der Waals surface area contributed by atoms with Gasteiger partial charge in [-0.1, -0.05) is 6.07 Å². The number of rotatable bonds is 3. The molecule has 100 valence electrons. The highest BCUT2D eigenvalue weighted by Gasteiger charge is 2.29. The van der Waals surface area contributed by atoms with Crippen molar-refractivity contribution in [3.63, 3.8) is 0 Å². The molecule has 0 saturated carbocycles. The summed E-state index contributed by atoms with van der Waals surface area (Å²) in [5.41, 5.74) is 0.366. The number of carbonyl (C=O) groups excluding carboxylic acids is 1. The van der Waals surface area contributed by atoms with Crippen LogP contribution in [0.1, 0.15) is 12.6 Å². The minimum absolute atomic E-state index is 0.0149. The number of nitrogens with one attached hydrogen (secondary N) is 2. The smallest absolute Gasteiger partial charge is 0.244 e. The van der Waals surface area contributed by atoms with Crippen LogP contribution in [-0.4, -0.2) is 43.1 Å². The van der Waals surface area contributed by atoms with E-state index in [2.05, 4.69) is 15.6 Å². The Balaban J connectivity index is 2.23. The highest BCUT2D eigenvalue weighted by atomic mass is 16.2. The van der Waals surface area contributed by atoms with Crippen LogP contribution in [0.15, 0.2) is 18.2 Å². The molecule has 1 aliphatic rings. The van der Waals surface area contributed by atoms with Crippen LogP contribution >= 0.6 is 0 Å².